The fraction of sp³-hybridized carbons (Fsp3) is 0.250. The molecule has 1 aromatic heterocycles. The molecule has 4 nitrogen and oxygen atoms in total. The zero-order valence-electron chi connectivity index (χ0n) is 9.29. The topological polar surface area (TPSA) is 47.8 Å². The number of benzene rings is 1. The Labute approximate surface area is 93.6 Å². The lowest BCUT2D eigenvalue weighted by molar-refractivity contribution is 0.499. The molecular weight excluding hydrogens is 202 g/mol. The van der Waals surface area contributed by atoms with E-state index in [2.05, 4.69) is 10.1 Å². The SMILES string of the molecule is CC(C)n1nc(-c2ccccc2)ncc1=O. The molecule has 0 bridgehead atoms. The van der Waals surface area contributed by atoms with Gasteiger partial charge in [0.25, 0.3) is 5.56 Å². The van der Waals surface area contributed by atoms with Gasteiger partial charge >= 0.3 is 0 Å². The Bertz CT molecular complexity index is 531. The van der Waals surface area contributed by atoms with Crippen LogP contribution in [0.25, 0.3) is 11.4 Å². The molecule has 16 heavy (non-hydrogen) atoms. The molecule has 0 saturated heterocycles. The van der Waals surface area contributed by atoms with Crippen LogP contribution in [0.1, 0.15) is 19.9 Å². The summed E-state index contributed by atoms with van der Waals surface area (Å²) in [7, 11) is 0. The summed E-state index contributed by atoms with van der Waals surface area (Å²) in [5.41, 5.74) is 0.742. The van der Waals surface area contributed by atoms with Crippen LogP contribution < -0.4 is 5.56 Å². The fourth-order valence-electron chi connectivity index (χ4n) is 1.44. The summed E-state index contributed by atoms with van der Waals surface area (Å²) in [6.45, 7) is 3.84. The first-order valence-corrected chi connectivity index (χ1v) is 5.20. The maximum absolute atomic E-state index is 11.5. The van der Waals surface area contributed by atoms with Gasteiger partial charge in [0.15, 0.2) is 5.82 Å². The van der Waals surface area contributed by atoms with Crippen LogP contribution in [0, 0.1) is 0 Å². The highest BCUT2D eigenvalue weighted by atomic mass is 16.1. The summed E-state index contributed by atoms with van der Waals surface area (Å²) in [6, 6.07) is 9.65. The molecule has 0 radical (unpaired) electrons. The summed E-state index contributed by atoms with van der Waals surface area (Å²) >= 11 is 0. The smallest absolute Gasteiger partial charge is 0.266 e. The van der Waals surface area contributed by atoms with Crippen molar-refractivity contribution in [2.45, 2.75) is 19.9 Å². The molecule has 1 aromatic carbocycles. The highest BCUT2D eigenvalue weighted by Crippen LogP contribution is 2.12. The average molecular weight is 215 g/mol. The van der Waals surface area contributed by atoms with Gasteiger partial charge < -0.3 is 0 Å². The Balaban J connectivity index is 2.52. The van der Waals surface area contributed by atoms with Crippen molar-refractivity contribution in [2.24, 2.45) is 0 Å². The molecule has 0 aliphatic carbocycles. The molecule has 0 N–H and O–H groups in total. The summed E-state index contributed by atoms with van der Waals surface area (Å²) < 4.78 is 1.44. The highest BCUT2D eigenvalue weighted by molar-refractivity contribution is 5.53. The van der Waals surface area contributed by atoms with Crippen molar-refractivity contribution in [3.05, 3.63) is 46.9 Å². The minimum atomic E-state index is -0.172. The number of hydrogen-bond acceptors (Lipinski definition) is 3. The van der Waals surface area contributed by atoms with Gasteiger partial charge in [-0.05, 0) is 13.8 Å². The van der Waals surface area contributed by atoms with E-state index in [0.29, 0.717) is 5.82 Å². The number of aromatic nitrogens is 3. The average Bonchev–Trinajstić information content (AvgIpc) is 2.30. The van der Waals surface area contributed by atoms with E-state index in [-0.39, 0.29) is 11.6 Å². The van der Waals surface area contributed by atoms with E-state index in [1.54, 1.807) is 0 Å². The van der Waals surface area contributed by atoms with Crippen LogP contribution in [0.2, 0.25) is 0 Å². The van der Waals surface area contributed by atoms with Gasteiger partial charge in [0, 0.05) is 5.56 Å². The Hall–Kier alpha value is -1.97. The Morgan fingerprint density at radius 3 is 2.50 bits per heavy atom. The maximum atomic E-state index is 11.5. The standard InChI is InChI=1S/C12H13N3O/c1-9(2)15-11(16)8-13-12(14-15)10-6-4-3-5-7-10/h3-9H,1-2H3. The Kier molecular flexibility index (Phi) is 2.81. The van der Waals surface area contributed by atoms with Gasteiger partial charge in [-0.2, -0.15) is 0 Å². The summed E-state index contributed by atoms with van der Waals surface area (Å²) in [4.78, 5) is 15.5. The number of nitrogens with zero attached hydrogens (tertiary/aromatic N) is 3. The molecule has 0 amide bonds. The zero-order chi connectivity index (χ0) is 11.5. The van der Waals surface area contributed by atoms with E-state index in [1.165, 1.54) is 10.9 Å². The minimum Gasteiger partial charge on any atom is -0.266 e. The van der Waals surface area contributed by atoms with Crippen molar-refractivity contribution >= 4 is 0 Å². The van der Waals surface area contributed by atoms with Crippen LogP contribution in [0.3, 0.4) is 0 Å². The Morgan fingerprint density at radius 1 is 1.19 bits per heavy atom. The van der Waals surface area contributed by atoms with Crippen molar-refractivity contribution in [3.8, 4) is 11.4 Å². The van der Waals surface area contributed by atoms with Crippen LogP contribution >= 0.6 is 0 Å². The van der Waals surface area contributed by atoms with Gasteiger partial charge in [0.2, 0.25) is 0 Å². The third kappa shape index (κ3) is 2.00. The van der Waals surface area contributed by atoms with Crippen molar-refractivity contribution in [2.75, 3.05) is 0 Å². The van der Waals surface area contributed by atoms with Crippen molar-refractivity contribution in [1.29, 1.82) is 0 Å². The van der Waals surface area contributed by atoms with Gasteiger partial charge in [0.1, 0.15) is 0 Å². The van der Waals surface area contributed by atoms with E-state index in [1.807, 2.05) is 44.2 Å². The van der Waals surface area contributed by atoms with Crippen molar-refractivity contribution in [3.63, 3.8) is 0 Å². The lowest BCUT2D eigenvalue weighted by atomic mass is 10.2. The predicted molar refractivity (Wildman–Crippen MR) is 62.1 cm³/mol. The summed E-state index contributed by atoms with van der Waals surface area (Å²) in [5, 5.41) is 4.24. The molecule has 0 aliphatic rings. The minimum absolute atomic E-state index is 0.0398. The van der Waals surface area contributed by atoms with Crippen molar-refractivity contribution in [1.82, 2.24) is 14.8 Å². The normalized spacial score (nSPS) is 10.7. The molecule has 1 heterocycles. The summed E-state index contributed by atoms with van der Waals surface area (Å²) in [5.74, 6) is 0.578. The van der Waals surface area contributed by atoms with Crippen LogP contribution in [0.15, 0.2) is 41.3 Å². The molecule has 4 heteroatoms. The molecule has 82 valence electrons. The Morgan fingerprint density at radius 2 is 1.88 bits per heavy atom. The molecule has 0 spiro atoms. The van der Waals surface area contributed by atoms with Crippen molar-refractivity contribution < 1.29 is 0 Å². The highest BCUT2D eigenvalue weighted by Gasteiger charge is 2.06. The molecule has 2 rings (SSSR count). The second kappa shape index (κ2) is 4.26. The second-order valence-electron chi connectivity index (χ2n) is 3.82. The lowest BCUT2D eigenvalue weighted by Crippen LogP contribution is -2.25. The van der Waals surface area contributed by atoms with Gasteiger partial charge in [-0.25, -0.2) is 9.67 Å². The van der Waals surface area contributed by atoms with Gasteiger partial charge in [-0.1, -0.05) is 30.3 Å². The van der Waals surface area contributed by atoms with E-state index >= 15 is 0 Å². The van der Waals surface area contributed by atoms with E-state index in [4.69, 9.17) is 0 Å². The van der Waals surface area contributed by atoms with Gasteiger partial charge in [-0.15, -0.1) is 5.10 Å². The number of hydrogen-bond donors (Lipinski definition) is 0. The molecular formula is C12H13N3O. The van der Waals surface area contributed by atoms with Crippen LogP contribution in [0.4, 0.5) is 0 Å². The second-order valence-corrected chi connectivity index (χ2v) is 3.82. The predicted octanol–water partition coefficient (Wildman–Crippen LogP) is 1.89. The first kappa shape index (κ1) is 10.5. The van der Waals surface area contributed by atoms with E-state index in [0.717, 1.165) is 5.56 Å². The van der Waals surface area contributed by atoms with Crippen LogP contribution in [0.5, 0.6) is 0 Å². The molecule has 0 atom stereocenters. The molecule has 0 unspecified atom stereocenters. The van der Waals surface area contributed by atoms with Crippen LogP contribution in [-0.2, 0) is 0 Å². The molecule has 0 saturated carbocycles. The number of rotatable bonds is 2. The third-order valence-electron chi connectivity index (χ3n) is 2.25. The lowest BCUT2D eigenvalue weighted by Gasteiger charge is -2.08. The quantitative estimate of drug-likeness (QED) is 0.768. The zero-order valence-corrected chi connectivity index (χ0v) is 9.29. The largest absolute Gasteiger partial charge is 0.285 e. The maximum Gasteiger partial charge on any atom is 0.285 e. The first-order valence-electron chi connectivity index (χ1n) is 5.20. The third-order valence-corrected chi connectivity index (χ3v) is 2.25. The summed E-state index contributed by atoms with van der Waals surface area (Å²) in [6.07, 6.45) is 1.31. The molecule has 2 aromatic rings. The fourth-order valence-corrected chi connectivity index (χ4v) is 1.44. The molecule has 0 fully saturated rings. The van der Waals surface area contributed by atoms with E-state index < -0.39 is 0 Å². The molecule has 0 aliphatic heterocycles. The first-order chi connectivity index (χ1) is 7.68. The van der Waals surface area contributed by atoms with Crippen LogP contribution in [-0.4, -0.2) is 14.8 Å². The monoisotopic (exact) mass is 215 g/mol. The van der Waals surface area contributed by atoms with E-state index in [9.17, 15) is 4.79 Å². The van der Waals surface area contributed by atoms with Gasteiger partial charge in [-0.3, -0.25) is 4.79 Å². The van der Waals surface area contributed by atoms with Gasteiger partial charge in [0.05, 0.1) is 12.2 Å².